The maximum absolute atomic E-state index is 5.77. The standard InChI is InChI=1S/C10H19BO3/c1-6(2)13-8-5-12-10(11)9(8)14-7(3)4/h6-10H,5H2,1-4H3/t8-,9?,10-/m1/s1. The molecule has 0 spiro atoms. The summed E-state index contributed by atoms with van der Waals surface area (Å²) in [5.41, 5.74) is 0. The third-order valence-corrected chi connectivity index (χ3v) is 2.02. The summed E-state index contributed by atoms with van der Waals surface area (Å²) in [5.74, 6) is 0. The Hall–Kier alpha value is -0.0551. The van der Waals surface area contributed by atoms with Crippen molar-refractivity contribution in [2.45, 2.75) is 58.1 Å². The van der Waals surface area contributed by atoms with E-state index >= 15 is 0 Å². The first-order chi connectivity index (χ1) is 6.50. The zero-order valence-electron chi connectivity index (χ0n) is 9.40. The van der Waals surface area contributed by atoms with Crippen molar-refractivity contribution in [3.05, 3.63) is 0 Å². The van der Waals surface area contributed by atoms with Crippen LogP contribution in [-0.4, -0.2) is 44.9 Å². The van der Waals surface area contributed by atoms with E-state index in [1.807, 2.05) is 27.7 Å². The Kier molecular flexibility index (Phi) is 4.42. The first-order valence-electron chi connectivity index (χ1n) is 5.18. The lowest BCUT2D eigenvalue weighted by molar-refractivity contribution is -0.0892. The average Bonchev–Trinajstić information content (AvgIpc) is 2.34. The van der Waals surface area contributed by atoms with Gasteiger partial charge in [-0.1, -0.05) is 0 Å². The van der Waals surface area contributed by atoms with Crippen molar-refractivity contribution in [2.75, 3.05) is 6.61 Å². The summed E-state index contributed by atoms with van der Waals surface area (Å²) in [6.45, 7) is 8.48. The van der Waals surface area contributed by atoms with Gasteiger partial charge in [0.05, 0.1) is 18.8 Å². The lowest BCUT2D eigenvalue weighted by Crippen LogP contribution is -2.38. The molecule has 0 aliphatic carbocycles. The first kappa shape index (κ1) is 12.0. The smallest absolute Gasteiger partial charge is 0.112 e. The zero-order chi connectivity index (χ0) is 10.7. The highest BCUT2D eigenvalue weighted by Crippen LogP contribution is 2.21. The van der Waals surface area contributed by atoms with Crippen LogP contribution in [0.15, 0.2) is 0 Å². The van der Waals surface area contributed by atoms with Crippen LogP contribution in [0.5, 0.6) is 0 Å². The van der Waals surface area contributed by atoms with Gasteiger partial charge in [0.2, 0.25) is 0 Å². The van der Waals surface area contributed by atoms with Crippen molar-refractivity contribution in [3.8, 4) is 0 Å². The predicted octanol–water partition coefficient (Wildman–Crippen LogP) is 1.10. The van der Waals surface area contributed by atoms with E-state index in [1.165, 1.54) is 0 Å². The summed E-state index contributed by atoms with van der Waals surface area (Å²) in [6.07, 6.45) is 0.142. The molecule has 1 rings (SSSR count). The normalized spacial score (nSPS) is 33.1. The molecule has 0 aromatic carbocycles. The van der Waals surface area contributed by atoms with E-state index in [0.717, 1.165) is 0 Å². The Balaban J connectivity index is 2.48. The molecule has 14 heavy (non-hydrogen) atoms. The van der Waals surface area contributed by atoms with Gasteiger partial charge in [0.15, 0.2) is 0 Å². The molecule has 3 nitrogen and oxygen atoms in total. The van der Waals surface area contributed by atoms with E-state index in [9.17, 15) is 0 Å². The van der Waals surface area contributed by atoms with Crippen LogP contribution in [0.1, 0.15) is 27.7 Å². The summed E-state index contributed by atoms with van der Waals surface area (Å²) in [5, 5.41) is 0. The fraction of sp³-hybridized carbons (Fsp3) is 1.00. The second-order valence-electron chi connectivity index (χ2n) is 4.17. The molecule has 1 fully saturated rings. The number of ether oxygens (including phenoxy) is 3. The SMILES string of the molecule is [B][C@@H]1OC[C@@H](OC(C)C)C1OC(C)C. The number of hydrogen-bond acceptors (Lipinski definition) is 3. The van der Waals surface area contributed by atoms with Crippen LogP contribution in [-0.2, 0) is 14.2 Å². The van der Waals surface area contributed by atoms with Gasteiger partial charge in [0.1, 0.15) is 20.1 Å². The minimum Gasteiger partial charge on any atom is -0.382 e. The van der Waals surface area contributed by atoms with Crippen molar-refractivity contribution in [3.63, 3.8) is 0 Å². The fourth-order valence-corrected chi connectivity index (χ4v) is 1.55. The molecule has 0 N–H and O–H groups in total. The molecular weight excluding hydrogens is 179 g/mol. The van der Waals surface area contributed by atoms with E-state index in [4.69, 9.17) is 22.1 Å². The number of rotatable bonds is 4. The van der Waals surface area contributed by atoms with E-state index in [0.29, 0.717) is 6.61 Å². The second-order valence-corrected chi connectivity index (χ2v) is 4.17. The van der Waals surface area contributed by atoms with Crippen molar-refractivity contribution in [2.24, 2.45) is 0 Å². The summed E-state index contributed by atoms with van der Waals surface area (Å²) in [6, 6.07) is -0.360. The first-order valence-corrected chi connectivity index (χ1v) is 5.18. The van der Waals surface area contributed by atoms with E-state index < -0.39 is 0 Å². The summed E-state index contributed by atoms with van der Waals surface area (Å²) in [4.78, 5) is 0. The Morgan fingerprint density at radius 3 is 2.21 bits per heavy atom. The molecule has 0 bridgehead atoms. The Labute approximate surface area is 87.5 Å². The Bertz CT molecular complexity index is 173. The van der Waals surface area contributed by atoms with E-state index in [-0.39, 0.29) is 30.4 Å². The number of hydrogen-bond donors (Lipinski definition) is 0. The molecule has 1 saturated heterocycles. The fourth-order valence-electron chi connectivity index (χ4n) is 1.55. The molecular formula is C10H19BO3. The van der Waals surface area contributed by atoms with Gasteiger partial charge in [-0.05, 0) is 27.7 Å². The molecule has 2 radical (unpaired) electrons. The van der Waals surface area contributed by atoms with Gasteiger partial charge in [-0.15, -0.1) is 0 Å². The molecule has 0 saturated carbocycles. The molecule has 1 aliphatic heterocycles. The minimum atomic E-state index is -0.360. The van der Waals surface area contributed by atoms with Crippen LogP contribution in [0.2, 0.25) is 0 Å². The lowest BCUT2D eigenvalue weighted by Gasteiger charge is -2.25. The summed E-state index contributed by atoms with van der Waals surface area (Å²) in [7, 11) is 5.77. The summed E-state index contributed by atoms with van der Waals surface area (Å²) >= 11 is 0. The van der Waals surface area contributed by atoms with Crippen LogP contribution >= 0.6 is 0 Å². The van der Waals surface area contributed by atoms with E-state index in [1.54, 1.807) is 0 Å². The van der Waals surface area contributed by atoms with Crippen molar-refractivity contribution >= 4 is 7.85 Å². The molecule has 1 unspecified atom stereocenters. The Morgan fingerprint density at radius 1 is 1.14 bits per heavy atom. The van der Waals surface area contributed by atoms with Gasteiger partial charge in [0.25, 0.3) is 0 Å². The molecule has 0 aromatic rings. The van der Waals surface area contributed by atoms with Crippen molar-refractivity contribution in [1.82, 2.24) is 0 Å². The highest BCUT2D eigenvalue weighted by molar-refractivity contribution is 6.11. The Morgan fingerprint density at radius 2 is 1.71 bits per heavy atom. The van der Waals surface area contributed by atoms with Gasteiger partial charge < -0.3 is 14.2 Å². The van der Waals surface area contributed by atoms with Crippen LogP contribution in [0, 0.1) is 0 Å². The maximum Gasteiger partial charge on any atom is 0.112 e. The highest BCUT2D eigenvalue weighted by atomic mass is 16.6. The van der Waals surface area contributed by atoms with Crippen molar-refractivity contribution in [1.29, 1.82) is 0 Å². The molecule has 3 atom stereocenters. The van der Waals surface area contributed by atoms with Gasteiger partial charge in [-0.2, -0.15) is 0 Å². The minimum absolute atomic E-state index is 0.0348. The molecule has 1 aliphatic rings. The molecule has 1 heterocycles. The zero-order valence-corrected chi connectivity index (χ0v) is 9.40. The van der Waals surface area contributed by atoms with Gasteiger partial charge >= 0.3 is 0 Å². The highest BCUT2D eigenvalue weighted by Gasteiger charge is 2.36. The summed E-state index contributed by atoms with van der Waals surface area (Å²) < 4.78 is 16.6. The molecule has 80 valence electrons. The molecule has 0 amide bonds. The van der Waals surface area contributed by atoms with E-state index in [2.05, 4.69) is 0 Å². The third kappa shape index (κ3) is 3.26. The van der Waals surface area contributed by atoms with Gasteiger partial charge in [0, 0.05) is 6.00 Å². The van der Waals surface area contributed by atoms with Crippen molar-refractivity contribution < 1.29 is 14.2 Å². The van der Waals surface area contributed by atoms with Crippen LogP contribution in [0.4, 0.5) is 0 Å². The monoisotopic (exact) mass is 198 g/mol. The van der Waals surface area contributed by atoms with Gasteiger partial charge in [-0.3, -0.25) is 0 Å². The second kappa shape index (κ2) is 5.15. The predicted molar refractivity (Wildman–Crippen MR) is 55.5 cm³/mol. The average molecular weight is 198 g/mol. The third-order valence-electron chi connectivity index (χ3n) is 2.02. The van der Waals surface area contributed by atoms with Crippen LogP contribution in [0.3, 0.4) is 0 Å². The topological polar surface area (TPSA) is 27.7 Å². The largest absolute Gasteiger partial charge is 0.382 e. The molecule has 0 aromatic heterocycles. The quantitative estimate of drug-likeness (QED) is 0.633. The van der Waals surface area contributed by atoms with Crippen LogP contribution < -0.4 is 0 Å². The maximum atomic E-state index is 5.77. The lowest BCUT2D eigenvalue weighted by atomic mass is 9.93. The van der Waals surface area contributed by atoms with Gasteiger partial charge in [-0.25, -0.2) is 0 Å². The van der Waals surface area contributed by atoms with Crippen LogP contribution in [0.25, 0.3) is 0 Å². The molecule has 4 heteroatoms.